The van der Waals surface area contributed by atoms with Gasteiger partial charge in [-0.15, -0.1) is 0 Å². The number of allylic oxidation sites excluding steroid dienone is 6. The summed E-state index contributed by atoms with van der Waals surface area (Å²) < 4.78 is 0. The third-order valence-electron chi connectivity index (χ3n) is 20.5. The lowest BCUT2D eigenvalue weighted by Gasteiger charge is -2.52. The number of hydrogen-bond acceptors (Lipinski definition) is 4. The van der Waals surface area contributed by atoms with E-state index >= 15 is 0 Å². The average Bonchev–Trinajstić information content (AvgIpc) is 1.43. The lowest BCUT2D eigenvalue weighted by Crippen LogP contribution is -2.46. The summed E-state index contributed by atoms with van der Waals surface area (Å²) in [7, 11) is 0. The van der Waals surface area contributed by atoms with Crippen molar-refractivity contribution in [2.45, 2.75) is 50.0 Å². The molecule has 4 nitrogen and oxygen atoms in total. The molecule has 94 heavy (non-hydrogen) atoms. The van der Waals surface area contributed by atoms with E-state index in [1.54, 1.807) is 0 Å². The molecule has 450 valence electrons. The Balaban J connectivity index is 0.000000426. The first-order valence-corrected chi connectivity index (χ1v) is 33.1. The van der Waals surface area contributed by atoms with E-state index in [1.165, 1.54) is 133 Å². The fourth-order valence-electron chi connectivity index (χ4n) is 16.5. The second kappa shape index (κ2) is 23.0. The molecule has 13 aromatic rings. The van der Waals surface area contributed by atoms with Crippen molar-refractivity contribution in [3.8, 4) is 55.6 Å². The van der Waals surface area contributed by atoms with Gasteiger partial charge in [0.15, 0.2) is 0 Å². The summed E-state index contributed by atoms with van der Waals surface area (Å²) in [6, 6.07) is 108. The minimum Gasteiger partial charge on any atom is -0.397 e. The molecular weight excluding hydrogens is 1140 g/mol. The van der Waals surface area contributed by atoms with Gasteiger partial charge >= 0.3 is 0 Å². The number of nitrogens with two attached hydrogens (primary N) is 2. The number of nitrogens with one attached hydrogen (secondary N) is 1. The third kappa shape index (κ3) is 8.95. The SMILES string of the molecule is Cc1ccc(-c2c3ccccc3c(-c3ccc(CN(c4ccccc4)c4ccccc4N)cc3)c3cc(-c4ccc5c(c4)C4(C6=CCCC=C6C56c5ccccc5-c5ccccc56)c5ccccc5-c5ccccc54)ccc23)cc1.NC1=CCCC=C1Nc1ccccc1. The minimum absolute atomic E-state index is 0.499. The summed E-state index contributed by atoms with van der Waals surface area (Å²) in [5.41, 5.74) is 43.4. The van der Waals surface area contributed by atoms with Crippen molar-refractivity contribution in [3.05, 3.63) is 383 Å². The van der Waals surface area contributed by atoms with Crippen LogP contribution in [0.3, 0.4) is 0 Å². The number of hydrogen-bond donors (Lipinski definition) is 3. The second-order valence-electron chi connectivity index (χ2n) is 25.7. The van der Waals surface area contributed by atoms with Crippen LogP contribution < -0.4 is 21.7 Å². The standard InChI is InChI=1S/C78H56N2.C12H14N2/c1-50-35-39-52(40-36-50)75-61-25-5-6-26-62(61)76(53-41-37-51(38-42-53)49-80(56-19-3-2-4-20-56)74-34-18-17-33-73(74)79)64-47-54(43-45-63(64)75)55-44-46-71-72(48-55)78(67-29-13-9-23-59(67)60-24-10-14-30-68(60)78)70-32-16-15-31-69(70)77(71)65-27-11-7-21-57(65)58-22-8-12-28-66(58)77;13-11-8-4-5-9-12(11)14-10-6-2-1-3-7-10/h2-14,17-48H,15-16,49,79H2,1H3;1-3,6-9,14H,4-5,13H2. The molecule has 2 spiro atoms. The van der Waals surface area contributed by atoms with Crippen LogP contribution in [-0.2, 0) is 17.4 Å². The van der Waals surface area contributed by atoms with Gasteiger partial charge in [0.1, 0.15) is 0 Å². The molecule has 0 radical (unpaired) electrons. The Morgan fingerprint density at radius 1 is 0.362 bits per heavy atom. The van der Waals surface area contributed by atoms with Gasteiger partial charge in [-0.1, -0.05) is 273 Å². The van der Waals surface area contributed by atoms with Gasteiger partial charge in [0.05, 0.1) is 33.6 Å². The summed E-state index contributed by atoms with van der Waals surface area (Å²) in [4.78, 5) is 2.32. The Labute approximate surface area is 550 Å². The van der Waals surface area contributed by atoms with E-state index in [9.17, 15) is 0 Å². The molecule has 5 aliphatic rings. The van der Waals surface area contributed by atoms with E-state index in [4.69, 9.17) is 11.5 Å². The quantitative estimate of drug-likeness (QED) is 0.0995. The monoisotopic (exact) mass is 1210 g/mol. The first-order chi connectivity index (χ1) is 46.4. The zero-order valence-electron chi connectivity index (χ0n) is 52.7. The number of rotatable bonds is 9. The fraction of sp³-hybridized carbons (Fsp3) is 0.0889. The van der Waals surface area contributed by atoms with E-state index in [0.29, 0.717) is 6.54 Å². The summed E-state index contributed by atoms with van der Waals surface area (Å²) in [5, 5.41) is 8.24. The fourth-order valence-corrected chi connectivity index (χ4v) is 16.5. The first kappa shape index (κ1) is 56.5. The van der Waals surface area contributed by atoms with Gasteiger partial charge in [0.25, 0.3) is 0 Å². The topological polar surface area (TPSA) is 67.3 Å². The summed E-state index contributed by atoms with van der Waals surface area (Å²) >= 11 is 0. The van der Waals surface area contributed by atoms with Gasteiger partial charge in [-0.2, -0.15) is 0 Å². The molecule has 18 rings (SSSR count). The van der Waals surface area contributed by atoms with Crippen molar-refractivity contribution in [2.75, 3.05) is 16.0 Å². The van der Waals surface area contributed by atoms with Crippen LogP contribution >= 0.6 is 0 Å². The number of para-hydroxylation sites is 4. The highest BCUT2D eigenvalue weighted by molar-refractivity contribution is 6.22. The van der Waals surface area contributed by atoms with Gasteiger partial charge in [0.2, 0.25) is 0 Å². The van der Waals surface area contributed by atoms with E-state index in [1.807, 2.05) is 42.5 Å². The third-order valence-corrected chi connectivity index (χ3v) is 20.5. The number of nitrogens with zero attached hydrogens (tertiary/aromatic N) is 1. The molecule has 0 fully saturated rings. The average molecular weight is 1210 g/mol. The molecule has 0 aromatic heterocycles. The summed E-state index contributed by atoms with van der Waals surface area (Å²) in [5.74, 6) is 0. The van der Waals surface area contributed by atoms with Crippen LogP contribution in [0.5, 0.6) is 0 Å². The molecule has 0 saturated carbocycles. The van der Waals surface area contributed by atoms with Crippen LogP contribution in [0.2, 0.25) is 0 Å². The molecule has 0 heterocycles. The van der Waals surface area contributed by atoms with Crippen molar-refractivity contribution in [1.82, 2.24) is 0 Å². The van der Waals surface area contributed by atoms with Crippen LogP contribution in [0.15, 0.2) is 338 Å². The van der Waals surface area contributed by atoms with Crippen molar-refractivity contribution >= 4 is 44.3 Å². The highest BCUT2D eigenvalue weighted by Crippen LogP contribution is 2.70. The van der Waals surface area contributed by atoms with Crippen LogP contribution in [0, 0.1) is 6.92 Å². The van der Waals surface area contributed by atoms with Crippen molar-refractivity contribution < 1.29 is 0 Å². The number of fused-ring (bicyclic) bond motifs is 18. The van der Waals surface area contributed by atoms with Gasteiger partial charge in [0, 0.05) is 17.9 Å². The van der Waals surface area contributed by atoms with E-state index in [0.717, 1.165) is 59.8 Å². The van der Waals surface area contributed by atoms with E-state index < -0.39 is 10.8 Å². The van der Waals surface area contributed by atoms with Crippen molar-refractivity contribution in [2.24, 2.45) is 5.73 Å². The Morgan fingerprint density at radius 2 is 0.809 bits per heavy atom. The predicted octanol–water partition coefficient (Wildman–Crippen LogP) is 22.1. The first-order valence-electron chi connectivity index (χ1n) is 33.1. The normalized spacial score (nSPS) is 14.8. The molecule has 4 heteroatoms. The highest BCUT2D eigenvalue weighted by Gasteiger charge is 2.61. The molecule has 0 unspecified atom stereocenters. The van der Waals surface area contributed by atoms with Gasteiger partial charge in [-0.3, -0.25) is 0 Å². The molecule has 0 atom stereocenters. The van der Waals surface area contributed by atoms with Gasteiger partial charge < -0.3 is 21.7 Å². The maximum Gasteiger partial charge on any atom is 0.0717 e. The molecule has 0 aliphatic heterocycles. The van der Waals surface area contributed by atoms with Crippen LogP contribution in [0.1, 0.15) is 70.2 Å². The van der Waals surface area contributed by atoms with Crippen LogP contribution in [-0.4, -0.2) is 0 Å². The van der Waals surface area contributed by atoms with Crippen molar-refractivity contribution in [3.63, 3.8) is 0 Å². The summed E-state index contributed by atoms with van der Waals surface area (Å²) in [6.07, 6.45) is 13.6. The maximum atomic E-state index is 6.68. The van der Waals surface area contributed by atoms with E-state index in [2.05, 4.69) is 290 Å². The zero-order chi connectivity index (χ0) is 62.9. The molecule has 0 amide bonds. The molecule has 0 bridgehead atoms. The lowest BCUT2D eigenvalue weighted by molar-refractivity contribution is 0.604. The Hall–Kier alpha value is -11.5. The lowest BCUT2D eigenvalue weighted by atomic mass is 9.49. The van der Waals surface area contributed by atoms with Crippen LogP contribution in [0.4, 0.5) is 22.7 Å². The Morgan fingerprint density at radius 3 is 1.39 bits per heavy atom. The Bertz CT molecular complexity index is 5190. The molecular formula is C90H70N4. The minimum atomic E-state index is -0.538. The summed E-state index contributed by atoms with van der Waals surface area (Å²) in [6.45, 7) is 2.84. The van der Waals surface area contributed by atoms with Crippen LogP contribution in [0.25, 0.3) is 77.2 Å². The predicted molar refractivity (Wildman–Crippen MR) is 394 cm³/mol. The number of anilines is 4. The number of benzene rings is 13. The highest BCUT2D eigenvalue weighted by atomic mass is 15.1. The smallest absolute Gasteiger partial charge is 0.0717 e. The molecule has 0 saturated heterocycles. The molecule has 5 aliphatic carbocycles. The van der Waals surface area contributed by atoms with Crippen molar-refractivity contribution in [1.29, 1.82) is 0 Å². The number of nitrogen functional groups attached to an aromatic ring is 1. The molecule has 13 aromatic carbocycles. The maximum absolute atomic E-state index is 6.68. The Kier molecular flexibility index (Phi) is 13.8. The largest absolute Gasteiger partial charge is 0.397 e. The van der Waals surface area contributed by atoms with Gasteiger partial charge in [-0.05, 0) is 208 Å². The number of aryl methyl sites for hydroxylation is 1. The molecule has 5 N–H and O–H groups in total. The van der Waals surface area contributed by atoms with E-state index in [-0.39, 0.29) is 0 Å². The second-order valence-corrected chi connectivity index (χ2v) is 25.7. The van der Waals surface area contributed by atoms with Gasteiger partial charge in [-0.25, -0.2) is 0 Å². The zero-order valence-corrected chi connectivity index (χ0v) is 52.7.